The van der Waals surface area contributed by atoms with Crippen molar-refractivity contribution in [2.75, 3.05) is 52.7 Å². The summed E-state index contributed by atoms with van der Waals surface area (Å²) in [6.45, 7) is 11.7. The Bertz CT molecular complexity index is 679. The van der Waals surface area contributed by atoms with Gasteiger partial charge in [-0.1, -0.05) is 124 Å². The lowest BCUT2D eigenvalue weighted by atomic mass is 10.1. The summed E-state index contributed by atoms with van der Waals surface area (Å²) in [6, 6.07) is 0. The van der Waals surface area contributed by atoms with Crippen molar-refractivity contribution in [1.82, 2.24) is 4.90 Å². The minimum atomic E-state index is -0.209. The maximum atomic E-state index is 12.3. The largest absolute Gasteiger partial charge is 0.466 e. The summed E-state index contributed by atoms with van der Waals surface area (Å²) in [5.74, 6) is -0.199. The first-order valence-corrected chi connectivity index (χ1v) is 20.9. The van der Waals surface area contributed by atoms with Crippen LogP contribution in [0.2, 0.25) is 0 Å². The normalized spacial score (nSPS) is 11.6. The van der Waals surface area contributed by atoms with Gasteiger partial charge in [-0.15, -0.1) is 0 Å². The number of carbonyl (C=O) groups is 2. The highest BCUT2D eigenvalue weighted by atomic mass is 16.7. The number of nitrogens with zero attached hydrogens (tertiary/aromatic N) is 1. The number of esters is 2. The van der Waals surface area contributed by atoms with Crippen LogP contribution in [0, 0.1) is 0 Å². The molecule has 49 heavy (non-hydrogen) atoms. The third-order valence-corrected chi connectivity index (χ3v) is 9.09. The van der Waals surface area contributed by atoms with E-state index >= 15 is 0 Å². The van der Waals surface area contributed by atoms with Crippen molar-refractivity contribution in [3.8, 4) is 0 Å². The second kappa shape index (κ2) is 39.6. The number of rotatable bonds is 40. The van der Waals surface area contributed by atoms with Gasteiger partial charge >= 0.3 is 11.9 Å². The molecular weight excluding hydrogens is 618 g/mol. The van der Waals surface area contributed by atoms with Gasteiger partial charge in [0.25, 0.3) is 0 Å². The number of unbranched alkanes of at least 4 members (excludes halogenated alkanes) is 18. The molecule has 0 spiro atoms. The Morgan fingerprint density at radius 1 is 0.469 bits per heavy atom. The van der Waals surface area contributed by atoms with Gasteiger partial charge in [0.05, 0.1) is 19.8 Å². The molecule has 0 aliphatic rings. The molecule has 0 aliphatic heterocycles. The molecule has 0 saturated heterocycles. The van der Waals surface area contributed by atoms with Crippen LogP contribution in [0.15, 0.2) is 0 Å². The minimum Gasteiger partial charge on any atom is -0.466 e. The highest BCUT2D eigenvalue weighted by Gasteiger charge is 2.11. The van der Waals surface area contributed by atoms with Crippen LogP contribution in [-0.2, 0) is 28.5 Å². The molecule has 0 aliphatic carbocycles. The van der Waals surface area contributed by atoms with Gasteiger partial charge in [-0.25, -0.2) is 0 Å². The van der Waals surface area contributed by atoms with E-state index in [-0.39, 0.29) is 24.8 Å². The molecule has 0 heterocycles. The third-order valence-electron chi connectivity index (χ3n) is 9.09. The second-order valence-electron chi connectivity index (χ2n) is 13.9. The standard InChI is InChI=1S/C41H81NO7/c1-4-7-10-13-14-15-16-17-26-35-46-39(44)28-20-18-22-31-42(33-34-43)32-23-19-21-29-40(45)47-38-27-30-41(48-36-24-11-8-5-2)49-37-25-12-9-6-3/h41,43H,4-38H2,1-3H3. The zero-order valence-corrected chi connectivity index (χ0v) is 32.7. The fraction of sp³-hybridized carbons (Fsp3) is 0.951. The predicted molar refractivity (Wildman–Crippen MR) is 203 cm³/mol. The van der Waals surface area contributed by atoms with Gasteiger partial charge in [0.1, 0.15) is 0 Å². The fourth-order valence-electron chi connectivity index (χ4n) is 5.92. The average Bonchev–Trinajstić information content (AvgIpc) is 3.09. The van der Waals surface area contributed by atoms with Crippen molar-refractivity contribution in [3.05, 3.63) is 0 Å². The van der Waals surface area contributed by atoms with Gasteiger partial charge in [0.2, 0.25) is 0 Å². The van der Waals surface area contributed by atoms with Gasteiger partial charge in [-0.3, -0.25) is 9.59 Å². The molecule has 0 unspecified atom stereocenters. The number of aliphatic hydroxyl groups excluding tert-OH is 1. The third kappa shape index (κ3) is 36.4. The lowest BCUT2D eigenvalue weighted by molar-refractivity contribution is -0.154. The van der Waals surface area contributed by atoms with Crippen LogP contribution in [0.25, 0.3) is 0 Å². The molecule has 8 nitrogen and oxygen atoms in total. The molecule has 0 aromatic carbocycles. The van der Waals surface area contributed by atoms with Crippen LogP contribution < -0.4 is 0 Å². The number of ether oxygens (including phenoxy) is 4. The molecule has 0 fully saturated rings. The molecule has 8 heteroatoms. The van der Waals surface area contributed by atoms with Crippen LogP contribution in [0.4, 0.5) is 0 Å². The van der Waals surface area contributed by atoms with Crippen LogP contribution in [0.1, 0.15) is 194 Å². The van der Waals surface area contributed by atoms with Crippen molar-refractivity contribution in [2.24, 2.45) is 0 Å². The zero-order chi connectivity index (χ0) is 35.9. The Morgan fingerprint density at radius 2 is 0.857 bits per heavy atom. The van der Waals surface area contributed by atoms with Crippen LogP contribution in [-0.4, -0.2) is 80.9 Å². The summed E-state index contributed by atoms with van der Waals surface area (Å²) in [5.41, 5.74) is 0. The smallest absolute Gasteiger partial charge is 0.305 e. The lowest BCUT2D eigenvalue weighted by Crippen LogP contribution is -2.29. The zero-order valence-electron chi connectivity index (χ0n) is 32.7. The van der Waals surface area contributed by atoms with E-state index in [1.165, 1.54) is 83.5 Å². The van der Waals surface area contributed by atoms with Crippen LogP contribution >= 0.6 is 0 Å². The van der Waals surface area contributed by atoms with Crippen molar-refractivity contribution < 1.29 is 33.6 Å². The topological polar surface area (TPSA) is 94.5 Å². The van der Waals surface area contributed by atoms with Crippen molar-refractivity contribution >= 4 is 11.9 Å². The molecule has 0 atom stereocenters. The molecule has 0 aromatic rings. The number of hydrogen-bond acceptors (Lipinski definition) is 8. The first-order chi connectivity index (χ1) is 24.1. The van der Waals surface area contributed by atoms with Gasteiger partial charge < -0.3 is 29.0 Å². The predicted octanol–water partition coefficient (Wildman–Crippen LogP) is 10.3. The maximum Gasteiger partial charge on any atom is 0.305 e. The van der Waals surface area contributed by atoms with E-state index in [4.69, 9.17) is 18.9 Å². The molecule has 292 valence electrons. The van der Waals surface area contributed by atoms with E-state index in [1.807, 2.05) is 0 Å². The van der Waals surface area contributed by atoms with Crippen LogP contribution in [0.3, 0.4) is 0 Å². The van der Waals surface area contributed by atoms with E-state index in [2.05, 4.69) is 25.7 Å². The van der Waals surface area contributed by atoms with E-state index in [1.54, 1.807) is 0 Å². The monoisotopic (exact) mass is 700 g/mol. The summed E-state index contributed by atoms with van der Waals surface area (Å²) < 4.78 is 22.9. The number of aliphatic hydroxyl groups is 1. The van der Waals surface area contributed by atoms with E-state index in [0.717, 1.165) is 103 Å². The molecule has 0 amide bonds. The maximum absolute atomic E-state index is 12.3. The molecular formula is C41H81NO7. The van der Waals surface area contributed by atoms with E-state index in [0.29, 0.717) is 32.6 Å². The molecule has 0 bridgehead atoms. The Balaban J connectivity index is 3.89. The highest BCUT2D eigenvalue weighted by molar-refractivity contribution is 5.69. The summed E-state index contributed by atoms with van der Waals surface area (Å²) in [4.78, 5) is 26.6. The number of hydrogen-bond donors (Lipinski definition) is 1. The number of carbonyl (C=O) groups excluding carboxylic acids is 2. The van der Waals surface area contributed by atoms with Gasteiger partial charge in [0.15, 0.2) is 6.29 Å². The minimum absolute atomic E-state index is 0.0705. The Hall–Kier alpha value is -1.22. The van der Waals surface area contributed by atoms with Gasteiger partial charge in [0, 0.05) is 39.0 Å². The molecule has 0 aromatic heterocycles. The average molecular weight is 700 g/mol. The van der Waals surface area contributed by atoms with Gasteiger partial charge in [-0.2, -0.15) is 0 Å². The van der Waals surface area contributed by atoms with Crippen molar-refractivity contribution in [1.29, 1.82) is 0 Å². The Kier molecular flexibility index (Phi) is 38.6. The Labute approximate surface area is 303 Å². The summed E-state index contributed by atoms with van der Waals surface area (Å²) >= 11 is 0. The SMILES string of the molecule is CCCCCCCCCCCOC(=O)CCCCCN(CCO)CCCCCC(=O)OCCCC(OCCCCCC)OCCCCCC. The van der Waals surface area contributed by atoms with E-state index in [9.17, 15) is 14.7 Å². The molecule has 1 N–H and O–H groups in total. The van der Waals surface area contributed by atoms with Crippen LogP contribution in [0.5, 0.6) is 0 Å². The molecule has 0 radical (unpaired) electrons. The molecule has 0 saturated carbocycles. The Morgan fingerprint density at radius 3 is 1.33 bits per heavy atom. The summed E-state index contributed by atoms with van der Waals surface area (Å²) in [7, 11) is 0. The second-order valence-corrected chi connectivity index (χ2v) is 13.9. The summed E-state index contributed by atoms with van der Waals surface area (Å²) in [6.07, 6.45) is 28.6. The quantitative estimate of drug-likeness (QED) is 0.0384. The van der Waals surface area contributed by atoms with Crippen molar-refractivity contribution in [2.45, 2.75) is 200 Å². The van der Waals surface area contributed by atoms with E-state index < -0.39 is 0 Å². The lowest BCUT2D eigenvalue weighted by Gasteiger charge is -2.21. The highest BCUT2D eigenvalue weighted by Crippen LogP contribution is 2.12. The molecule has 0 rings (SSSR count). The van der Waals surface area contributed by atoms with Crippen molar-refractivity contribution in [3.63, 3.8) is 0 Å². The first kappa shape index (κ1) is 47.8. The van der Waals surface area contributed by atoms with Gasteiger partial charge in [-0.05, 0) is 64.5 Å². The summed E-state index contributed by atoms with van der Waals surface area (Å²) in [5, 5.41) is 9.49. The first-order valence-electron chi connectivity index (χ1n) is 20.9. The fourth-order valence-corrected chi connectivity index (χ4v) is 5.92.